The molecule has 0 bridgehead atoms. The minimum Gasteiger partial charge on any atom is -0.497 e. The largest absolute Gasteiger partial charge is 0.497 e. The summed E-state index contributed by atoms with van der Waals surface area (Å²) in [6.07, 6.45) is 1.84. The van der Waals surface area contributed by atoms with Crippen LogP contribution >= 0.6 is 11.8 Å². The lowest BCUT2D eigenvalue weighted by Gasteiger charge is -2.16. The van der Waals surface area contributed by atoms with E-state index >= 15 is 0 Å². The summed E-state index contributed by atoms with van der Waals surface area (Å²) >= 11 is 1.54. The van der Waals surface area contributed by atoms with Crippen molar-refractivity contribution in [2.75, 3.05) is 33.1 Å². The Morgan fingerprint density at radius 3 is 2.75 bits per heavy atom. The highest BCUT2D eigenvalue weighted by Gasteiger charge is 2.26. The molecule has 1 aliphatic rings. The van der Waals surface area contributed by atoms with Crippen LogP contribution in [0.25, 0.3) is 0 Å². The Labute approximate surface area is 170 Å². The van der Waals surface area contributed by atoms with Gasteiger partial charge in [0.25, 0.3) is 0 Å². The maximum atomic E-state index is 12.6. The summed E-state index contributed by atoms with van der Waals surface area (Å²) in [5.74, 6) is 1.49. The molecule has 0 spiro atoms. The molecule has 3 rings (SSSR count). The minimum absolute atomic E-state index is 0.165. The van der Waals surface area contributed by atoms with Crippen LogP contribution in [0, 0.1) is 5.92 Å². The van der Waals surface area contributed by atoms with Gasteiger partial charge in [0.05, 0.1) is 25.5 Å². The Morgan fingerprint density at radius 2 is 1.96 bits per heavy atom. The van der Waals surface area contributed by atoms with E-state index < -0.39 is 0 Å². The first-order valence-corrected chi connectivity index (χ1v) is 10.3. The number of hydrogen-bond acceptors (Lipinski definition) is 5. The van der Waals surface area contributed by atoms with Gasteiger partial charge in [-0.25, -0.2) is 4.79 Å². The van der Waals surface area contributed by atoms with Crippen molar-refractivity contribution in [2.24, 2.45) is 5.92 Å². The number of hydrogen-bond donors (Lipinski definition) is 0. The van der Waals surface area contributed by atoms with Crippen molar-refractivity contribution in [3.63, 3.8) is 0 Å². The summed E-state index contributed by atoms with van der Waals surface area (Å²) in [6.45, 7) is 1.55. The highest BCUT2D eigenvalue weighted by Crippen LogP contribution is 2.25. The first-order chi connectivity index (χ1) is 13.6. The van der Waals surface area contributed by atoms with Gasteiger partial charge in [0, 0.05) is 18.0 Å². The average molecular weight is 400 g/mol. The van der Waals surface area contributed by atoms with Gasteiger partial charge >= 0.3 is 5.97 Å². The maximum absolute atomic E-state index is 12.6. The highest BCUT2D eigenvalue weighted by molar-refractivity contribution is 8.00. The van der Waals surface area contributed by atoms with E-state index in [4.69, 9.17) is 9.47 Å². The lowest BCUT2D eigenvalue weighted by molar-refractivity contribution is -0.127. The zero-order chi connectivity index (χ0) is 19.9. The lowest BCUT2D eigenvalue weighted by atomic mass is 9.97. The average Bonchev–Trinajstić information content (AvgIpc) is 3.20. The summed E-state index contributed by atoms with van der Waals surface area (Å²) < 4.78 is 10.0. The van der Waals surface area contributed by atoms with Gasteiger partial charge in [-0.3, -0.25) is 4.79 Å². The van der Waals surface area contributed by atoms with E-state index in [1.807, 2.05) is 47.4 Å². The van der Waals surface area contributed by atoms with E-state index in [9.17, 15) is 9.59 Å². The Bertz CT molecular complexity index is 839. The van der Waals surface area contributed by atoms with Crippen molar-refractivity contribution in [3.05, 3.63) is 59.7 Å². The van der Waals surface area contributed by atoms with Crippen molar-refractivity contribution in [3.8, 4) is 5.75 Å². The summed E-state index contributed by atoms with van der Waals surface area (Å²) in [6, 6.07) is 15.3. The number of amides is 1. The van der Waals surface area contributed by atoms with Crippen molar-refractivity contribution < 1.29 is 19.1 Å². The Balaban J connectivity index is 1.50. The molecule has 1 heterocycles. The van der Waals surface area contributed by atoms with Crippen molar-refractivity contribution in [1.82, 2.24) is 4.90 Å². The van der Waals surface area contributed by atoms with E-state index in [1.165, 1.54) is 18.9 Å². The zero-order valence-corrected chi connectivity index (χ0v) is 17.0. The molecule has 1 fully saturated rings. The van der Waals surface area contributed by atoms with Gasteiger partial charge in [0.1, 0.15) is 5.75 Å². The first kappa shape index (κ1) is 20.3. The van der Waals surface area contributed by atoms with Crippen molar-refractivity contribution in [1.29, 1.82) is 0 Å². The molecule has 0 aromatic heterocycles. The molecule has 28 heavy (non-hydrogen) atoms. The molecule has 1 saturated heterocycles. The molecular weight excluding hydrogens is 374 g/mol. The normalized spacial score (nSPS) is 16.1. The number of nitrogens with zero attached hydrogens (tertiary/aromatic N) is 1. The van der Waals surface area contributed by atoms with Gasteiger partial charge in [-0.05, 0) is 54.7 Å². The van der Waals surface area contributed by atoms with Gasteiger partial charge in [-0.1, -0.05) is 18.2 Å². The van der Waals surface area contributed by atoms with E-state index in [0.717, 1.165) is 42.1 Å². The van der Waals surface area contributed by atoms with Crippen LogP contribution in [0.5, 0.6) is 5.75 Å². The van der Waals surface area contributed by atoms with Crippen LogP contribution in [0.4, 0.5) is 0 Å². The molecule has 0 N–H and O–H groups in total. The maximum Gasteiger partial charge on any atom is 0.337 e. The molecule has 2 aromatic rings. The number of methoxy groups -OCH3 is 2. The number of carbonyl (C=O) groups is 2. The second-order valence-corrected chi connectivity index (χ2v) is 7.91. The van der Waals surface area contributed by atoms with Crippen LogP contribution in [-0.4, -0.2) is 49.8 Å². The Morgan fingerprint density at radius 1 is 1.14 bits per heavy atom. The standard InChI is InChI=1S/C22H25NO4S/c1-26-19-7-4-8-20(13-19)28-15-21(24)23-10-9-17(14-23)11-16-5-3-6-18(12-16)22(25)27-2/h3-8,12-13,17H,9-11,14-15H2,1-2H3. The topological polar surface area (TPSA) is 55.8 Å². The molecule has 0 aliphatic carbocycles. The van der Waals surface area contributed by atoms with Crippen molar-refractivity contribution >= 4 is 23.6 Å². The molecule has 1 amide bonds. The zero-order valence-electron chi connectivity index (χ0n) is 16.2. The minimum atomic E-state index is -0.320. The molecule has 1 unspecified atom stereocenters. The van der Waals surface area contributed by atoms with Crippen LogP contribution in [0.15, 0.2) is 53.4 Å². The third kappa shape index (κ3) is 5.29. The summed E-state index contributed by atoms with van der Waals surface area (Å²) in [5.41, 5.74) is 1.67. The molecule has 5 nitrogen and oxygen atoms in total. The second kappa shape index (κ2) is 9.64. The van der Waals surface area contributed by atoms with Crippen LogP contribution in [0.3, 0.4) is 0 Å². The quantitative estimate of drug-likeness (QED) is 0.525. The molecular formula is C22H25NO4S. The molecule has 148 valence electrons. The predicted molar refractivity (Wildman–Crippen MR) is 110 cm³/mol. The number of esters is 1. The van der Waals surface area contributed by atoms with E-state index in [1.54, 1.807) is 13.2 Å². The number of benzene rings is 2. The third-order valence-electron chi connectivity index (χ3n) is 4.91. The number of carbonyl (C=O) groups excluding carboxylic acids is 2. The molecule has 0 radical (unpaired) electrons. The number of rotatable bonds is 7. The number of thioether (sulfide) groups is 1. The third-order valence-corrected chi connectivity index (χ3v) is 5.89. The van der Waals surface area contributed by atoms with Crippen LogP contribution in [-0.2, 0) is 16.0 Å². The smallest absolute Gasteiger partial charge is 0.337 e. The Kier molecular flexibility index (Phi) is 6.98. The first-order valence-electron chi connectivity index (χ1n) is 9.31. The van der Waals surface area contributed by atoms with E-state index in [-0.39, 0.29) is 11.9 Å². The van der Waals surface area contributed by atoms with Gasteiger partial charge < -0.3 is 14.4 Å². The predicted octanol–water partition coefficient (Wildman–Crippen LogP) is 3.67. The fraction of sp³-hybridized carbons (Fsp3) is 0.364. The van der Waals surface area contributed by atoms with Gasteiger partial charge in [0.2, 0.25) is 5.91 Å². The molecule has 6 heteroatoms. The highest BCUT2D eigenvalue weighted by atomic mass is 32.2. The van der Waals surface area contributed by atoms with Gasteiger partial charge in [-0.2, -0.15) is 0 Å². The molecule has 2 aromatic carbocycles. The number of ether oxygens (including phenoxy) is 2. The molecule has 0 saturated carbocycles. The van der Waals surface area contributed by atoms with Gasteiger partial charge in [0.15, 0.2) is 0 Å². The molecule has 1 atom stereocenters. The molecule has 1 aliphatic heterocycles. The summed E-state index contributed by atoms with van der Waals surface area (Å²) in [5, 5.41) is 0. The summed E-state index contributed by atoms with van der Waals surface area (Å²) in [4.78, 5) is 27.2. The number of likely N-dealkylation sites (tertiary alicyclic amines) is 1. The van der Waals surface area contributed by atoms with E-state index in [0.29, 0.717) is 17.2 Å². The monoisotopic (exact) mass is 399 g/mol. The van der Waals surface area contributed by atoms with Crippen LogP contribution in [0.1, 0.15) is 22.3 Å². The summed E-state index contributed by atoms with van der Waals surface area (Å²) in [7, 11) is 3.03. The van der Waals surface area contributed by atoms with E-state index in [2.05, 4.69) is 0 Å². The SMILES string of the molecule is COC(=O)c1cccc(CC2CCN(C(=O)CSc3cccc(OC)c3)C2)c1. The lowest BCUT2D eigenvalue weighted by Crippen LogP contribution is -2.30. The Hall–Kier alpha value is -2.47. The second-order valence-electron chi connectivity index (χ2n) is 6.86. The van der Waals surface area contributed by atoms with Crippen molar-refractivity contribution in [2.45, 2.75) is 17.7 Å². The van der Waals surface area contributed by atoms with Gasteiger partial charge in [-0.15, -0.1) is 11.8 Å². The fourth-order valence-electron chi connectivity index (χ4n) is 3.43. The fourth-order valence-corrected chi connectivity index (χ4v) is 4.28. The van der Waals surface area contributed by atoms with Crippen LogP contribution in [0.2, 0.25) is 0 Å². The van der Waals surface area contributed by atoms with Crippen LogP contribution < -0.4 is 4.74 Å².